The second-order valence-corrected chi connectivity index (χ2v) is 9.10. The molecule has 0 radical (unpaired) electrons. The molecule has 0 saturated heterocycles. The minimum absolute atomic E-state index is 0.272. The fourth-order valence-electron chi connectivity index (χ4n) is 3.41. The van der Waals surface area contributed by atoms with Crippen LogP contribution in [0.2, 0.25) is 0 Å². The molecule has 23 heavy (non-hydrogen) atoms. The molecular weight excluding hydrogens is 295 g/mol. The molecular formula is C22H27P. The summed E-state index contributed by atoms with van der Waals surface area (Å²) in [4.78, 5) is 0. The van der Waals surface area contributed by atoms with Crippen LogP contribution in [0.3, 0.4) is 0 Å². The topological polar surface area (TPSA) is 0 Å². The lowest BCUT2D eigenvalue weighted by atomic mass is 9.83. The molecule has 0 spiro atoms. The maximum atomic E-state index is 2.55. The molecule has 0 unspecified atom stereocenters. The zero-order valence-corrected chi connectivity index (χ0v) is 15.2. The van der Waals surface area contributed by atoms with Gasteiger partial charge in [-0.1, -0.05) is 86.2 Å². The Morgan fingerprint density at radius 3 is 1.91 bits per heavy atom. The van der Waals surface area contributed by atoms with E-state index in [4.69, 9.17) is 0 Å². The van der Waals surface area contributed by atoms with Gasteiger partial charge in [0, 0.05) is 0 Å². The van der Waals surface area contributed by atoms with Gasteiger partial charge in [0.1, 0.15) is 0 Å². The Balaban J connectivity index is 1.81. The predicted octanol–water partition coefficient (Wildman–Crippen LogP) is 5.50. The molecule has 0 fully saturated rings. The zero-order valence-electron chi connectivity index (χ0n) is 14.3. The lowest BCUT2D eigenvalue weighted by Gasteiger charge is -2.27. The Bertz CT molecular complexity index is 588. The van der Waals surface area contributed by atoms with E-state index >= 15 is 0 Å². The number of hydrogen-bond acceptors (Lipinski definition) is 0. The summed E-state index contributed by atoms with van der Waals surface area (Å²) in [5.41, 5.74) is 1.68. The Hall–Kier alpha value is -1.39. The van der Waals surface area contributed by atoms with E-state index in [1.54, 1.807) is 5.57 Å². The smallest absolute Gasteiger partial charge is 0.00339 e. The Morgan fingerprint density at radius 1 is 0.913 bits per heavy atom. The first-order valence-electron chi connectivity index (χ1n) is 8.79. The summed E-state index contributed by atoms with van der Waals surface area (Å²) in [7, 11) is -0.272. The average Bonchev–Trinajstić information content (AvgIpc) is 2.61. The highest BCUT2D eigenvalue weighted by atomic mass is 31.1. The van der Waals surface area contributed by atoms with E-state index in [0.717, 1.165) is 11.8 Å². The molecule has 2 aromatic carbocycles. The quantitative estimate of drug-likeness (QED) is 0.503. The van der Waals surface area contributed by atoms with Crippen molar-refractivity contribution in [3.05, 3.63) is 72.3 Å². The van der Waals surface area contributed by atoms with E-state index in [-0.39, 0.29) is 7.92 Å². The molecule has 1 heteroatoms. The second kappa shape index (κ2) is 7.93. The maximum Gasteiger partial charge on any atom is -0.00339 e. The summed E-state index contributed by atoms with van der Waals surface area (Å²) in [5, 5.41) is 3.00. The summed E-state index contributed by atoms with van der Waals surface area (Å²) < 4.78 is 0. The van der Waals surface area contributed by atoms with Crippen molar-refractivity contribution in [1.29, 1.82) is 0 Å². The monoisotopic (exact) mass is 322 g/mol. The van der Waals surface area contributed by atoms with Crippen LogP contribution in [0.5, 0.6) is 0 Å². The maximum absolute atomic E-state index is 2.55. The Labute approximate surface area is 142 Å². The molecule has 0 bridgehead atoms. The number of allylic oxidation sites excluding steroid dienone is 2. The van der Waals surface area contributed by atoms with Gasteiger partial charge in [0.15, 0.2) is 0 Å². The van der Waals surface area contributed by atoms with Crippen LogP contribution in [0.1, 0.15) is 33.1 Å². The normalized spacial score (nSPS) is 18.3. The predicted molar refractivity (Wildman–Crippen MR) is 104 cm³/mol. The third kappa shape index (κ3) is 4.33. The van der Waals surface area contributed by atoms with Crippen molar-refractivity contribution in [2.45, 2.75) is 33.1 Å². The average molecular weight is 322 g/mol. The molecule has 1 atom stereocenters. The molecule has 120 valence electrons. The van der Waals surface area contributed by atoms with Crippen LogP contribution < -0.4 is 10.6 Å². The molecule has 0 saturated carbocycles. The van der Waals surface area contributed by atoms with Crippen molar-refractivity contribution in [1.82, 2.24) is 0 Å². The highest BCUT2D eigenvalue weighted by Crippen LogP contribution is 2.39. The first-order chi connectivity index (χ1) is 11.2. The minimum atomic E-state index is -0.272. The fourth-order valence-corrected chi connectivity index (χ4v) is 5.83. The van der Waals surface area contributed by atoms with Gasteiger partial charge in [-0.25, -0.2) is 0 Å². The molecule has 2 aromatic rings. The van der Waals surface area contributed by atoms with E-state index in [0.29, 0.717) is 0 Å². The van der Waals surface area contributed by atoms with Gasteiger partial charge in [0.25, 0.3) is 0 Å². The summed E-state index contributed by atoms with van der Waals surface area (Å²) in [6, 6.07) is 22.2. The molecule has 0 aliphatic heterocycles. The van der Waals surface area contributed by atoms with Crippen LogP contribution in [0.15, 0.2) is 72.3 Å². The van der Waals surface area contributed by atoms with Gasteiger partial charge in [0.2, 0.25) is 0 Å². The standard InChI is InChI=1S/C22H27P/c1-18(2)20-15-13-19(14-16-20)17-23(21-9-5-3-6-10-21)22-11-7-4-8-12-22/h3-13,18,20H,14-17H2,1-2H3/t20-/m1/s1. The van der Waals surface area contributed by atoms with Crippen LogP contribution in [0, 0.1) is 11.8 Å². The number of rotatable bonds is 5. The van der Waals surface area contributed by atoms with Gasteiger partial charge in [-0.3, -0.25) is 0 Å². The minimum Gasteiger partial charge on any atom is -0.0847 e. The van der Waals surface area contributed by atoms with Crippen LogP contribution >= 0.6 is 7.92 Å². The summed E-state index contributed by atoms with van der Waals surface area (Å²) in [6.45, 7) is 4.73. The molecule has 1 aliphatic carbocycles. The Morgan fingerprint density at radius 2 is 1.48 bits per heavy atom. The van der Waals surface area contributed by atoms with E-state index in [1.165, 1.54) is 36.0 Å². The van der Waals surface area contributed by atoms with Crippen LogP contribution in [0.4, 0.5) is 0 Å². The third-order valence-electron chi connectivity index (χ3n) is 4.99. The Kier molecular flexibility index (Phi) is 5.68. The second-order valence-electron chi connectivity index (χ2n) is 6.90. The molecule has 3 rings (SSSR count). The first kappa shape index (κ1) is 16.5. The fraction of sp³-hybridized carbons (Fsp3) is 0.364. The molecule has 0 aromatic heterocycles. The van der Waals surface area contributed by atoms with E-state index in [1.807, 2.05) is 0 Å². The third-order valence-corrected chi connectivity index (χ3v) is 7.55. The lowest BCUT2D eigenvalue weighted by Crippen LogP contribution is -2.17. The van der Waals surface area contributed by atoms with Crippen LogP contribution in [-0.4, -0.2) is 6.16 Å². The van der Waals surface area contributed by atoms with Crippen molar-refractivity contribution >= 4 is 18.5 Å². The summed E-state index contributed by atoms with van der Waals surface area (Å²) >= 11 is 0. The van der Waals surface area contributed by atoms with Gasteiger partial charge in [-0.05, 0) is 55.8 Å². The lowest BCUT2D eigenvalue weighted by molar-refractivity contribution is 0.351. The molecule has 0 nitrogen and oxygen atoms in total. The molecule has 0 heterocycles. The SMILES string of the molecule is CC(C)[C@@H]1CC=C(CP(c2ccccc2)c2ccccc2)CC1. The van der Waals surface area contributed by atoms with Gasteiger partial charge in [0.05, 0.1) is 0 Å². The largest absolute Gasteiger partial charge is 0.0847 e. The number of benzene rings is 2. The molecule has 0 amide bonds. The molecule has 0 N–H and O–H groups in total. The van der Waals surface area contributed by atoms with Crippen molar-refractivity contribution in [3.8, 4) is 0 Å². The van der Waals surface area contributed by atoms with Gasteiger partial charge >= 0.3 is 0 Å². The van der Waals surface area contributed by atoms with E-state index < -0.39 is 0 Å². The van der Waals surface area contributed by atoms with Crippen molar-refractivity contribution in [2.24, 2.45) is 11.8 Å². The van der Waals surface area contributed by atoms with Gasteiger partial charge < -0.3 is 0 Å². The van der Waals surface area contributed by atoms with Crippen molar-refractivity contribution < 1.29 is 0 Å². The molecule has 1 aliphatic rings. The van der Waals surface area contributed by atoms with E-state index in [2.05, 4.69) is 80.6 Å². The summed E-state index contributed by atoms with van der Waals surface area (Å²) in [6.07, 6.45) is 7.72. The zero-order chi connectivity index (χ0) is 16.1. The highest BCUT2D eigenvalue weighted by Gasteiger charge is 2.21. The van der Waals surface area contributed by atoms with Crippen molar-refractivity contribution in [3.63, 3.8) is 0 Å². The van der Waals surface area contributed by atoms with Crippen LogP contribution in [-0.2, 0) is 0 Å². The summed E-state index contributed by atoms with van der Waals surface area (Å²) in [5.74, 6) is 1.70. The highest BCUT2D eigenvalue weighted by molar-refractivity contribution is 7.73. The number of hydrogen-bond donors (Lipinski definition) is 0. The van der Waals surface area contributed by atoms with Crippen molar-refractivity contribution in [2.75, 3.05) is 6.16 Å². The van der Waals surface area contributed by atoms with E-state index in [9.17, 15) is 0 Å². The van der Waals surface area contributed by atoms with Gasteiger partial charge in [-0.2, -0.15) is 0 Å². The van der Waals surface area contributed by atoms with Crippen LogP contribution in [0.25, 0.3) is 0 Å². The van der Waals surface area contributed by atoms with Gasteiger partial charge in [-0.15, -0.1) is 0 Å². The first-order valence-corrected chi connectivity index (χ1v) is 10.3.